The summed E-state index contributed by atoms with van der Waals surface area (Å²) in [7, 11) is 0. The van der Waals surface area contributed by atoms with Crippen molar-refractivity contribution in [3.63, 3.8) is 0 Å². The van der Waals surface area contributed by atoms with E-state index < -0.39 is 0 Å². The molecule has 0 fully saturated rings. The number of aliphatic hydroxyl groups excluding tert-OH is 1. The van der Waals surface area contributed by atoms with Crippen LogP contribution in [0.4, 0.5) is 0 Å². The van der Waals surface area contributed by atoms with E-state index in [1.54, 1.807) is 0 Å². The zero-order valence-corrected chi connectivity index (χ0v) is 20.3. The van der Waals surface area contributed by atoms with Gasteiger partial charge in [0.05, 0.1) is 36.8 Å². The minimum Gasteiger partial charge on any atom is -0.396 e. The number of fused-ring (bicyclic) bond motifs is 5. The Labute approximate surface area is 192 Å². The van der Waals surface area contributed by atoms with Gasteiger partial charge in [-0.1, -0.05) is 29.8 Å². The van der Waals surface area contributed by atoms with E-state index in [1.807, 2.05) is 19.2 Å². The van der Waals surface area contributed by atoms with E-state index in [4.69, 9.17) is 14.5 Å². The molecule has 0 saturated carbocycles. The third-order valence-electron chi connectivity index (χ3n) is 5.99. The first-order chi connectivity index (χ1) is 14.8. The van der Waals surface area contributed by atoms with Crippen molar-refractivity contribution in [1.82, 2.24) is 9.55 Å². The van der Waals surface area contributed by atoms with Crippen LogP contribution >= 0.6 is 15.9 Å². The number of pyridine rings is 1. The summed E-state index contributed by atoms with van der Waals surface area (Å²) in [5, 5.41) is 11.2. The van der Waals surface area contributed by atoms with Gasteiger partial charge in [0.25, 0.3) is 0 Å². The molecule has 0 radical (unpaired) electrons. The van der Waals surface area contributed by atoms with Gasteiger partial charge in [0.2, 0.25) is 0 Å². The van der Waals surface area contributed by atoms with Gasteiger partial charge in [-0.15, -0.1) is 0 Å². The molecular weight excluding hydrogens is 456 g/mol. The van der Waals surface area contributed by atoms with Crippen LogP contribution in [0.3, 0.4) is 0 Å². The van der Waals surface area contributed by atoms with Crippen LogP contribution in [0, 0.1) is 5.41 Å². The fourth-order valence-electron chi connectivity index (χ4n) is 4.34. The van der Waals surface area contributed by atoms with Crippen molar-refractivity contribution >= 4 is 26.8 Å². The Morgan fingerprint density at radius 2 is 2.03 bits per heavy atom. The van der Waals surface area contributed by atoms with Gasteiger partial charge >= 0.3 is 0 Å². The zero-order valence-electron chi connectivity index (χ0n) is 18.7. The molecule has 1 aromatic carbocycles. The van der Waals surface area contributed by atoms with Crippen molar-refractivity contribution in [2.75, 3.05) is 19.8 Å². The molecule has 4 rings (SSSR count). The smallest absolute Gasteiger partial charge is 0.0974 e. The highest BCUT2D eigenvalue weighted by Gasteiger charge is 2.28. The monoisotopic (exact) mass is 486 g/mol. The first-order valence-corrected chi connectivity index (χ1v) is 11.7. The van der Waals surface area contributed by atoms with Crippen molar-refractivity contribution < 1.29 is 14.6 Å². The van der Waals surface area contributed by atoms with Crippen molar-refractivity contribution in [2.45, 2.75) is 52.9 Å². The highest BCUT2D eigenvalue weighted by molar-refractivity contribution is 9.10. The molecule has 1 aliphatic heterocycles. The molecule has 0 spiro atoms. The molecule has 2 atom stereocenters. The second-order valence-corrected chi connectivity index (χ2v) is 10.1. The molecule has 3 heterocycles. The summed E-state index contributed by atoms with van der Waals surface area (Å²) >= 11 is 3.66. The summed E-state index contributed by atoms with van der Waals surface area (Å²) < 4.78 is 15.6. The summed E-state index contributed by atoms with van der Waals surface area (Å²) in [6.45, 7) is 10.3. The SMILES string of the molecule is C[C@@H]1OC[C@H](C)OCCn2c(c(CC(C)(C)CO)c3cc(Br)ccc32)-c2cccnc21. The molecule has 0 aliphatic carbocycles. The highest BCUT2D eigenvalue weighted by atomic mass is 79.9. The Hall–Kier alpha value is -1.73. The number of aliphatic hydroxyl groups is 1. The Balaban J connectivity index is 2.04. The fraction of sp³-hybridized carbons (Fsp3) is 0.480. The van der Waals surface area contributed by atoms with Gasteiger partial charge in [-0.25, -0.2) is 0 Å². The number of hydrogen-bond acceptors (Lipinski definition) is 4. The molecule has 0 unspecified atom stereocenters. The van der Waals surface area contributed by atoms with Gasteiger partial charge in [-0.3, -0.25) is 4.98 Å². The fourth-order valence-corrected chi connectivity index (χ4v) is 4.70. The first kappa shape index (κ1) is 22.5. The number of benzene rings is 1. The van der Waals surface area contributed by atoms with Gasteiger partial charge in [0, 0.05) is 40.3 Å². The number of ether oxygens (including phenoxy) is 2. The molecule has 2 aromatic heterocycles. The van der Waals surface area contributed by atoms with Crippen LogP contribution in [-0.2, 0) is 22.4 Å². The zero-order chi connectivity index (χ0) is 22.2. The van der Waals surface area contributed by atoms with Gasteiger partial charge in [0.15, 0.2) is 0 Å². The van der Waals surface area contributed by atoms with Crippen molar-refractivity contribution in [3.05, 3.63) is 52.3 Å². The number of hydrogen-bond donors (Lipinski definition) is 1. The molecule has 5 nitrogen and oxygen atoms in total. The van der Waals surface area contributed by atoms with E-state index in [1.165, 1.54) is 16.5 Å². The minimum absolute atomic E-state index is 0.0138. The average Bonchev–Trinajstić information content (AvgIpc) is 3.02. The van der Waals surface area contributed by atoms with E-state index in [0.29, 0.717) is 13.2 Å². The van der Waals surface area contributed by atoms with Gasteiger partial charge in [-0.05, 0) is 61.6 Å². The number of halogens is 1. The van der Waals surface area contributed by atoms with E-state index in [9.17, 15) is 5.11 Å². The minimum atomic E-state index is -0.250. The maximum Gasteiger partial charge on any atom is 0.0974 e. The summed E-state index contributed by atoms with van der Waals surface area (Å²) in [6, 6.07) is 10.6. The predicted molar refractivity (Wildman–Crippen MR) is 127 cm³/mol. The molecule has 0 amide bonds. The van der Waals surface area contributed by atoms with E-state index in [2.05, 4.69) is 65.5 Å². The molecule has 6 heteroatoms. The lowest BCUT2D eigenvalue weighted by Crippen LogP contribution is -2.20. The van der Waals surface area contributed by atoms with Crippen molar-refractivity contribution in [1.29, 1.82) is 0 Å². The number of aromatic nitrogens is 2. The molecule has 0 saturated heterocycles. The molecule has 3 aromatic rings. The average molecular weight is 487 g/mol. The summed E-state index contributed by atoms with van der Waals surface area (Å²) in [5.41, 5.74) is 5.30. The van der Waals surface area contributed by atoms with E-state index in [0.717, 1.165) is 34.4 Å². The first-order valence-electron chi connectivity index (χ1n) is 10.9. The lowest BCUT2D eigenvalue weighted by Gasteiger charge is -2.23. The Morgan fingerprint density at radius 1 is 1.23 bits per heavy atom. The van der Waals surface area contributed by atoms with Gasteiger partial charge in [0.1, 0.15) is 0 Å². The van der Waals surface area contributed by atoms with E-state index in [-0.39, 0.29) is 24.2 Å². The summed E-state index contributed by atoms with van der Waals surface area (Å²) in [6.07, 6.45) is 2.44. The standard InChI is InChI=1S/C25H31BrN2O3/c1-16-14-31-17(2)23-19(6-5-9-27-23)24-21(13-25(3,4)15-29)20-12-18(26)7-8-22(20)28(24)10-11-30-16/h5-9,12,16-17,29H,10-11,13-15H2,1-4H3/t16-,17-/m0/s1. The largest absolute Gasteiger partial charge is 0.396 e. The van der Waals surface area contributed by atoms with Crippen LogP contribution < -0.4 is 0 Å². The van der Waals surface area contributed by atoms with E-state index >= 15 is 0 Å². The lowest BCUT2D eigenvalue weighted by atomic mass is 9.84. The Kier molecular flexibility index (Phi) is 6.54. The quantitative estimate of drug-likeness (QED) is 0.529. The molecule has 166 valence electrons. The normalized spacial score (nSPS) is 20.2. The number of rotatable bonds is 3. The molecule has 1 N–H and O–H groups in total. The topological polar surface area (TPSA) is 56.5 Å². The van der Waals surface area contributed by atoms with Crippen molar-refractivity contribution in [3.8, 4) is 11.3 Å². The predicted octanol–water partition coefficient (Wildman–Crippen LogP) is 5.52. The number of nitrogens with zero attached hydrogens (tertiary/aromatic N) is 2. The lowest BCUT2D eigenvalue weighted by molar-refractivity contribution is -0.0342. The third kappa shape index (κ3) is 4.58. The van der Waals surface area contributed by atoms with Gasteiger partial charge < -0.3 is 19.1 Å². The van der Waals surface area contributed by atoms with Crippen LogP contribution in [-0.4, -0.2) is 40.6 Å². The summed E-state index contributed by atoms with van der Waals surface area (Å²) in [4.78, 5) is 4.74. The maximum absolute atomic E-state index is 10.0. The van der Waals surface area contributed by atoms with Crippen LogP contribution in [0.1, 0.15) is 45.1 Å². The Morgan fingerprint density at radius 3 is 2.81 bits per heavy atom. The van der Waals surface area contributed by atoms with Gasteiger partial charge in [-0.2, -0.15) is 0 Å². The second-order valence-electron chi connectivity index (χ2n) is 9.23. The maximum atomic E-state index is 10.0. The van der Waals surface area contributed by atoms with Crippen LogP contribution in [0.25, 0.3) is 22.2 Å². The Bertz CT molecular complexity index is 1080. The molecule has 31 heavy (non-hydrogen) atoms. The van der Waals surface area contributed by atoms with Crippen LogP contribution in [0.5, 0.6) is 0 Å². The van der Waals surface area contributed by atoms with Crippen LogP contribution in [0.15, 0.2) is 41.0 Å². The molecule has 0 bridgehead atoms. The second kappa shape index (κ2) is 9.02. The molecule has 1 aliphatic rings. The molecular formula is C25H31BrN2O3. The van der Waals surface area contributed by atoms with Crippen molar-refractivity contribution in [2.24, 2.45) is 5.41 Å². The summed E-state index contributed by atoms with van der Waals surface area (Å²) in [5.74, 6) is 0. The highest BCUT2D eigenvalue weighted by Crippen LogP contribution is 2.41. The van der Waals surface area contributed by atoms with Crippen LogP contribution in [0.2, 0.25) is 0 Å². The third-order valence-corrected chi connectivity index (χ3v) is 6.48.